The molecule has 4 nitrogen and oxygen atoms in total. The summed E-state index contributed by atoms with van der Waals surface area (Å²) in [6.45, 7) is 4.28. The van der Waals surface area contributed by atoms with E-state index in [9.17, 15) is 9.90 Å². The number of fused-ring (bicyclic) bond motifs is 1. The number of aliphatic hydroxyl groups is 1. The van der Waals surface area contributed by atoms with Crippen LogP contribution in [0.2, 0.25) is 0 Å². The predicted octanol–water partition coefficient (Wildman–Crippen LogP) is 1.55. The van der Waals surface area contributed by atoms with Gasteiger partial charge in [-0.2, -0.15) is 5.10 Å². The van der Waals surface area contributed by atoms with E-state index in [1.54, 1.807) is 0 Å². The molecule has 2 rings (SSSR count). The normalized spacial score (nSPS) is 14.8. The zero-order chi connectivity index (χ0) is 12.5. The van der Waals surface area contributed by atoms with Gasteiger partial charge in [0.2, 0.25) is 0 Å². The first-order valence-electron chi connectivity index (χ1n) is 5.70. The molecule has 0 amide bonds. The van der Waals surface area contributed by atoms with Gasteiger partial charge in [0.05, 0.1) is 11.2 Å². The van der Waals surface area contributed by atoms with E-state index in [0.29, 0.717) is 6.29 Å². The van der Waals surface area contributed by atoms with Crippen LogP contribution in [0.1, 0.15) is 19.5 Å². The Balaban J connectivity index is 2.51. The number of rotatable bonds is 4. The lowest BCUT2D eigenvalue weighted by Crippen LogP contribution is -2.29. The van der Waals surface area contributed by atoms with Crippen LogP contribution in [-0.2, 0) is 17.8 Å². The summed E-state index contributed by atoms with van der Waals surface area (Å²) in [4.78, 5) is 10.8. The molecular weight excluding hydrogens is 216 g/mol. The maximum absolute atomic E-state index is 10.8. The first-order valence-corrected chi connectivity index (χ1v) is 5.70. The standard InChI is InChI=1S/C13H16N2O2/c1-3-15-12-7-5-4-6-10(12)11(14-15)8-13(2,17)9-16/h4-7,9,17H,3,8H2,1-2H3. The van der Waals surface area contributed by atoms with Crippen molar-refractivity contribution in [1.82, 2.24) is 9.78 Å². The van der Waals surface area contributed by atoms with Crippen LogP contribution < -0.4 is 0 Å². The van der Waals surface area contributed by atoms with Gasteiger partial charge in [-0.05, 0) is 19.9 Å². The minimum absolute atomic E-state index is 0.240. The summed E-state index contributed by atoms with van der Waals surface area (Å²) >= 11 is 0. The predicted molar refractivity (Wildman–Crippen MR) is 65.8 cm³/mol. The fourth-order valence-electron chi connectivity index (χ4n) is 1.95. The Morgan fingerprint density at radius 3 is 2.82 bits per heavy atom. The Morgan fingerprint density at radius 1 is 1.47 bits per heavy atom. The molecule has 1 heterocycles. The van der Waals surface area contributed by atoms with Gasteiger partial charge in [0, 0.05) is 18.4 Å². The van der Waals surface area contributed by atoms with E-state index in [1.165, 1.54) is 6.92 Å². The van der Waals surface area contributed by atoms with Gasteiger partial charge < -0.3 is 9.90 Å². The van der Waals surface area contributed by atoms with Gasteiger partial charge in [0.1, 0.15) is 5.60 Å². The SMILES string of the molecule is CCn1nc(CC(C)(O)C=O)c2ccccc21. The fraction of sp³-hybridized carbons (Fsp3) is 0.385. The Hall–Kier alpha value is -1.68. The molecule has 2 aromatic rings. The number of aryl methyl sites for hydroxylation is 1. The van der Waals surface area contributed by atoms with E-state index in [-0.39, 0.29) is 6.42 Å². The quantitative estimate of drug-likeness (QED) is 0.814. The van der Waals surface area contributed by atoms with Gasteiger partial charge in [-0.1, -0.05) is 18.2 Å². The Labute approximate surface area is 99.9 Å². The highest BCUT2D eigenvalue weighted by molar-refractivity contribution is 5.82. The van der Waals surface area contributed by atoms with Crippen LogP contribution in [0.25, 0.3) is 10.9 Å². The van der Waals surface area contributed by atoms with E-state index >= 15 is 0 Å². The molecule has 1 unspecified atom stereocenters. The highest BCUT2D eigenvalue weighted by Crippen LogP contribution is 2.21. The van der Waals surface area contributed by atoms with Crippen LogP contribution in [0, 0.1) is 0 Å². The molecule has 90 valence electrons. The summed E-state index contributed by atoms with van der Waals surface area (Å²) in [5, 5.41) is 15.2. The van der Waals surface area contributed by atoms with Crippen molar-refractivity contribution in [3.8, 4) is 0 Å². The molecule has 0 spiro atoms. The minimum atomic E-state index is -1.35. The average molecular weight is 232 g/mol. The summed E-state index contributed by atoms with van der Waals surface area (Å²) in [6, 6.07) is 7.84. The lowest BCUT2D eigenvalue weighted by molar-refractivity contribution is -0.122. The number of hydrogen-bond acceptors (Lipinski definition) is 3. The Morgan fingerprint density at radius 2 is 2.18 bits per heavy atom. The summed E-state index contributed by atoms with van der Waals surface area (Å²) < 4.78 is 1.88. The fourth-order valence-corrected chi connectivity index (χ4v) is 1.95. The van der Waals surface area contributed by atoms with Crippen LogP contribution in [-0.4, -0.2) is 26.8 Å². The summed E-state index contributed by atoms with van der Waals surface area (Å²) in [5.74, 6) is 0. The van der Waals surface area contributed by atoms with Gasteiger partial charge >= 0.3 is 0 Å². The van der Waals surface area contributed by atoms with E-state index in [0.717, 1.165) is 23.1 Å². The number of nitrogens with zero attached hydrogens (tertiary/aromatic N) is 2. The molecule has 0 aliphatic rings. The Bertz CT molecular complexity index is 543. The third kappa shape index (κ3) is 2.22. The summed E-state index contributed by atoms with van der Waals surface area (Å²) in [5.41, 5.74) is 0.446. The zero-order valence-electron chi connectivity index (χ0n) is 10.1. The van der Waals surface area contributed by atoms with Crippen molar-refractivity contribution >= 4 is 17.2 Å². The van der Waals surface area contributed by atoms with Crippen molar-refractivity contribution in [3.05, 3.63) is 30.0 Å². The van der Waals surface area contributed by atoms with Gasteiger partial charge in [-0.25, -0.2) is 0 Å². The van der Waals surface area contributed by atoms with Crippen molar-refractivity contribution in [2.75, 3.05) is 0 Å². The number of carbonyl (C=O) groups excluding carboxylic acids is 1. The van der Waals surface area contributed by atoms with Crippen LogP contribution in [0.3, 0.4) is 0 Å². The second-order valence-corrected chi connectivity index (χ2v) is 4.43. The second-order valence-electron chi connectivity index (χ2n) is 4.43. The molecule has 1 N–H and O–H groups in total. The van der Waals surface area contributed by atoms with Crippen LogP contribution in [0.5, 0.6) is 0 Å². The lowest BCUT2D eigenvalue weighted by Gasteiger charge is -2.13. The molecule has 1 aromatic carbocycles. The molecule has 0 aliphatic heterocycles. The van der Waals surface area contributed by atoms with E-state index < -0.39 is 5.60 Å². The van der Waals surface area contributed by atoms with Gasteiger partial charge in [-0.15, -0.1) is 0 Å². The first kappa shape index (κ1) is 11.8. The maximum atomic E-state index is 10.8. The van der Waals surface area contributed by atoms with E-state index in [2.05, 4.69) is 5.10 Å². The topological polar surface area (TPSA) is 55.1 Å². The average Bonchev–Trinajstić information content (AvgIpc) is 2.67. The molecular formula is C13H16N2O2. The van der Waals surface area contributed by atoms with Crippen molar-refractivity contribution in [2.45, 2.75) is 32.4 Å². The lowest BCUT2D eigenvalue weighted by atomic mass is 10.0. The highest BCUT2D eigenvalue weighted by Gasteiger charge is 2.23. The van der Waals surface area contributed by atoms with Gasteiger partial charge in [-0.3, -0.25) is 4.68 Å². The second kappa shape index (κ2) is 4.30. The smallest absolute Gasteiger partial charge is 0.151 e. The summed E-state index contributed by atoms with van der Waals surface area (Å²) in [7, 11) is 0. The molecule has 1 aromatic heterocycles. The van der Waals surface area contributed by atoms with Crippen LogP contribution in [0.4, 0.5) is 0 Å². The summed E-state index contributed by atoms with van der Waals surface area (Å²) in [6.07, 6.45) is 0.802. The highest BCUT2D eigenvalue weighted by atomic mass is 16.3. The van der Waals surface area contributed by atoms with Crippen molar-refractivity contribution in [2.24, 2.45) is 0 Å². The van der Waals surface area contributed by atoms with Crippen LogP contribution in [0.15, 0.2) is 24.3 Å². The van der Waals surface area contributed by atoms with Crippen LogP contribution >= 0.6 is 0 Å². The molecule has 0 fully saturated rings. The molecule has 17 heavy (non-hydrogen) atoms. The largest absolute Gasteiger partial charge is 0.382 e. The molecule has 4 heteroatoms. The molecule has 0 bridgehead atoms. The van der Waals surface area contributed by atoms with Crippen molar-refractivity contribution < 1.29 is 9.90 Å². The zero-order valence-corrected chi connectivity index (χ0v) is 10.1. The Kier molecular flexibility index (Phi) is 2.98. The molecule has 0 saturated heterocycles. The van der Waals surface area contributed by atoms with Gasteiger partial charge in [0.15, 0.2) is 6.29 Å². The monoisotopic (exact) mass is 232 g/mol. The number of para-hydroxylation sites is 1. The third-order valence-corrected chi connectivity index (χ3v) is 2.81. The molecule has 0 saturated carbocycles. The number of aldehydes is 1. The van der Waals surface area contributed by atoms with Crippen molar-refractivity contribution in [3.63, 3.8) is 0 Å². The molecule has 0 aliphatic carbocycles. The number of carbonyl (C=O) groups is 1. The molecule has 0 radical (unpaired) electrons. The first-order chi connectivity index (χ1) is 8.07. The number of aromatic nitrogens is 2. The number of hydrogen-bond donors (Lipinski definition) is 1. The minimum Gasteiger partial charge on any atom is -0.382 e. The van der Waals surface area contributed by atoms with E-state index in [4.69, 9.17) is 0 Å². The maximum Gasteiger partial charge on any atom is 0.151 e. The number of benzene rings is 1. The third-order valence-electron chi connectivity index (χ3n) is 2.81. The van der Waals surface area contributed by atoms with Gasteiger partial charge in [0.25, 0.3) is 0 Å². The van der Waals surface area contributed by atoms with Crippen molar-refractivity contribution in [1.29, 1.82) is 0 Å². The van der Waals surface area contributed by atoms with E-state index in [1.807, 2.05) is 35.9 Å². The molecule has 1 atom stereocenters.